The summed E-state index contributed by atoms with van der Waals surface area (Å²) in [5.41, 5.74) is 2.03. The number of hydrogen-bond donors (Lipinski definition) is 1. The summed E-state index contributed by atoms with van der Waals surface area (Å²) in [6.45, 7) is 3.06. The van der Waals surface area contributed by atoms with E-state index in [0.717, 1.165) is 33.7 Å². The van der Waals surface area contributed by atoms with Gasteiger partial charge in [-0.25, -0.2) is 0 Å². The first-order valence-electron chi connectivity index (χ1n) is 6.30. The van der Waals surface area contributed by atoms with Gasteiger partial charge in [-0.2, -0.15) is 5.10 Å². The molecule has 0 aliphatic heterocycles. The van der Waals surface area contributed by atoms with E-state index >= 15 is 0 Å². The molecule has 2 aromatic rings. The van der Waals surface area contributed by atoms with Crippen molar-refractivity contribution < 1.29 is 0 Å². The first-order chi connectivity index (χ1) is 9.13. The molecule has 1 N–H and O–H groups in total. The van der Waals surface area contributed by atoms with Crippen LogP contribution >= 0.6 is 27.5 Å². The third kappa shape index (κ3) is 3.38. The Hall–Kier alpha value is -0.840. The van der Waals surface area contributed by atoms with E-state index in [-0.39, 0.29) is 6.04 Å². The number of hydrogen-bond acceptors (Lipinski definition) is 2. The van der Waals surface area contributed by atoms with Crippen LogP contribution in [0.25, 0.3) is 0 Å². The van der Waals surface area contributed by atoms with E-state index in [1.807, 2.05) is 42.2 Å². The summed E-state index contributed by atoms with van der Waals surface area (Å²) in [6, 6.07) is 8.02. The molecule has 102 valence electrons. The van der Waals surface area contributed by atoms with Crippen molar-refractivity contribution >= 4 is 27.5 Å². The van der Waals surface area contributed by atoms with Crippen molar-refractivity contribution in [2.24, 2.45) is 7.05 Å². The van der Waals surface area contributed by atoms with E-state index < -0.39 is 0 Å². The molecule has 0 saturated heterocycles. The van der Waals surface area contributed by atoms with Gasteiger partial charge >= 0.3 is 0 Å². The number of benzene rings is 1. The second kappa shape index (κ2) is 6.55. The molecule has 0 fully saturated rings. The zero-order chi connectivity index (χ0) is 13.8. The molecule has 0 amide bonds. The number of nitrogens with one attached hydrogen (secondary N) is 1. The highest BCUT2D eigenvalue weighted by molar-refractivity contribution is 9.10. The van der Waals surface area contributed by atoms with Crippen LogP contribution in [0.1, 0.15) is 30.6 Å². The highest BCUT2D eigenvalue weighted by Gasteiger charge is 2.19. The monoisotopic (exact) mass is 341 g/mol. The molecule has 5 heteroatoms. The maximum absolute atomic E-state index is 6.40. The van der Waals surface area contributed by atoms with Crippen molar-refractivity contribution in [3.8, 4) is 0 Å². The standard InChI is InChI=1S/C14H17BrClN3/c1-3-8-17-14(12-7-9-19(2)18-12)10-5-4-6-11(15)13(10)16/h4-7,9,14,17H,3,8H2,1-2H3. The normalized spacial score (nSPS) is 12.6. The Kier molecular flexibility index (Phi) is 5.02. The largest absolute Gasteiger partial charge is 0.305 e. The van der Waals surface area contributed by atoms with Gasteiger partial charge in [-0.05, 0) is 46.6 Å². The van der Waals surface area contributed by atoms with Gasteiger partial charge in [0, 0.05) is 17.7 Å². The Morgan fingerprint density at radius 2 is 2.21 bits per heavy atom. The topological polar surface area (TPSA) is 29.9 Å². The van der Waals surface area contributed by atoms with Gasteiger partial charge in [0.25, 0.3) is 0 Å². The van der Waals surface area contributed by atoms with Gasteiger partial charge in [-0.1, -0.05) is 30.7 Å². The molecule has 3 nitrogen and oxygen atoms in total. The van der Waals surface area contributed by atoms with Crippen molar-refractivity contribution in [3.63, 3.8) is 0 Å². The first-order valence-corrected chi connectivity index (χ1v) is 7.47. The molecule has 19 heavy (non-hydrogen) atoms. The highest BCUT2D eigenvalue weighted by Crippen LogP contribution is 2.32. The van der Waals surface area contributed by atoms with E-state index in [1.54, 1.807) is 0 Å². The highest BCUT2D eigenvalue weighted by atomic mass is 79.9. The van der Waals surface area contributed by atoms with Crippen LogP contribution in [0.5, 0.6) is 0 Å². The van der Waals surface area contributed by atoms with E-state index in [9.17, 15) is 0 Å². The lowest BCUT2D eigenvalue weighted by Gasteiger charge is -2.19. The minimum atomic E-state index is 0.0196. The molecule has 0 aliphatic rings. The Labute approximate surface area is 127 Å². The quantitative estimate of drug-likeness (QED) is 0.892. The van der Waals surface area contributed by atoms with Crippen molar-refractivity contribution in [2.75, 3.05) is 6.54 Å². The molecule has 0 saturated carbocycles. The van der Waals surface area contributed by atoms with Crippen LogP contribution in [-0.4, -0.2) is 16.3 Å². The molecule has 1 heterocycles. The zero-order valence-electron chi connectivity index (χ0n) is 11.0. The van der Waals surface area contributed by atoms with Crippen LogP contribution < -0.4 is 5.32 Å². The molecule has 0 bridgehead atoms. The average molecular weight is 343 g/mol. The van der Waals surface area contributed by atoms with Crippen molar-refractivity contribution in [1.82, 2.24) is 15.1 Å². The molecule has 2 rings (SSSR count). The fourth-order valence-electron chi connectivity index (χ4n) is 1.99. The van der Waals surface area contributed by atoms with Gasteiger partial charge in [0.05, 0.1) is 16.8 Å². The van der Waals surface area contributed by atoms with Crippen molar-refractivity contribution in [3.05, 3.63) is 51.2 Å². The van der Waals surface area contributed by atoms with E-state index in [1.165, 1.54) is 0 Å². The van der Waals surface area contributed by atoms with Crippen molar-refractivity contribution in [1.29, 1.82) is 0 Å². The fourth-order valence-corrected chi connectivity index (χ4v) is 2.61. The lowest BCUT2D eigenvalue weighted by Crippen LogP contribution is -2.24. The van der Waals surface area contributed by atoms with Crippen LogP contribution in [0, 0.1) is 0 Å². The Morgan fingerprint density at radius 3 is 2.84 bits per heavy atom. The van der Waals surface area contributed by atoms with Gasteiger partial charge in [0.1, 0.15) is 0 Å². The summed E-state index contributed by atoms with van der Waals surface area (Å²) in [5, 5.41) is 8.73. The summed E-state index contributed by atoms with van der Waals surface area (Å²) in [5.74, 6) is 0. The maximum atomic E-state index is 6.40. The molecular formula is C14H17BrClN3. The summed E-state index contributed by atoms with van der Waals surface area (Å²) in [7, 11) is 1.92. The van der Waals surface area contributed by atoms with E-state index in [4.69, 9.17) is 11.6 Å². The Balaban J connectivity index is 2.39. The zero-order valence-corrected chi connectivity index (χ0v) is 13.4. The summed E-state index contributed by atoms with van der Waals surface area (Å²) in [4.78, 5) is 0. The summed E-state index contributed by atoms with van der Waals surface area (Å²) < 4.78 is 2.72. The van der Waals surface area contributed by atoms with Gasteiger partial charge in [-0.15, -0.1) is 0 Å². The molecule has 1 aromatic carbocycles. The summed E-state index contributed by atoms with van der Waals surface area (Å²) >= 11 is 9.88. The van der Waals surface area contributed by atoms with Gasteiger partial charge in [0.2, 0.25) is 0 Å². The van der Waals surface area contributed by atoms with Crippen LogP contribution in [0.3, 0.4) is 0 Å². The van der Waals surface area contributed by atoms with Gasteiger partial charge < -0.3 is 5.32 Å². The molecule has 1 atom stereocenters. The number of halogens is 2. The fraction of sp³-hybridized carbons (Fsp3) is 0.357. The second-order valence-corrected chi connectivity index (χ2v) is 5.68. The molecule has 1 unspecified atom stereocenters. The van der Waals surface area contributed by atoms with E-state index in [0.29, 0.717) is 0 Å². The van der Waals surface area contributed by atoms with Crippen LogP contribution in [0.2, 0.25) is 5.02 Å². The Morgan fingerprint density at radius 1 is 1.42 bits per heavy atom. The molecule has 0 radical (unpaired) electrons. The molecular weight excluding hydrogens is 326 g/mol. The van der Waals surface area contributed by atoms with Gasteiger partial charge in [-0.3, -0.25) is 4.68 Å². The van der Waals surface area contributed by atoms with Crippen LogP contribution in [0.4, 0.5) is 0 Å². The second-order valence-electron chi connectivity index (χ2n) is 4.44. The minimum Gasteiger partial charge on any atom is -0.305 e. The molecule has 1 aromatic heterocycles. The number of rotatable bonds is 5. The van der Waals surface area contributed by atoms with Gasteiger partial charge in [0.15, 0.2) is 0 Å². The molecule has 0 aliphatic carbocycles. The third-order valence-electron chi connectivity index (χ3n) is 2.92. The first kappa shape index (κ1) is 14.6. The third-order valence-corrected chi connectivity index (χ3v) is 4.23. The predicted octanol–water partition coefficient (Wildman–Crippen LogP) is 3.93. The van der Waals surface area contributed by atoms with Crippen LogP contribution in [0.15, 0.2) is 34.9 Å². The SMILES string of the molecule is CCCNC(c1ccn(C)n1)c1cccc(Br)c1Cl. The number of aromatic nitrogens is 2. The lowest BCUT2D eigenvalue weighted by atomic mass is 10.0. The van der Waals surface area contributed by atoms with Crippen molar-refractivity contribution in [2.45, 2.75) is 19.4 Å². The molecule has 0 spiro atoms. The van der Waals surface area contributed by atoms with E-state index in [2.05, 4.69) is 33.3 Å². The number of aryl methyl sites for hydroxylation is 1. The summed E-state index contributed by atoms with van der Waals surface area (Å²) in [6.07, 6.45) is 3.01. The smallest absolute Gasteiger partial charge is 0.0839 e. The average Bonchev–Trinajstić information content (AvgIpc) is 2.81. The lowest BCUT2D eigenvalue weighted by molar-refractivity contribution is 0.575. The predicted molar refractivity (Wildman–Crippen MR) is 82.5 cm³/mol. The Bertz CT molecular complexity index is 553. The maximum Gasteiger partial charge on any atom is 0.0839 e. The number of nitrogens with zero attached hydrogens (tertiary/aromatic N) is 2. The van der Waals surface area contributed by atoms with Crippen LogP contribution in [-0.2, 0) is 7.05 Å². The minimum absolute atomic E-state index is 0.0196.